The summed E-state index contributed by atoms with van der Waals surface area (Å²) in [5.74, 6) is -0.235. The summed E-state index contributed by atoms with van der Waals surface area (Å²) in [6, 6.07) is 14.2. The second-order valence-corrected chi connectivity index (χ2v) is 10.8. The zero-order valence-corrected chi connectivity index (χ0v) is 20.0. The number of halogens is 1. The van der Waals surface area contributed by atoms with Crippen molar-refractivity contribution in [3.63, 3.8) is 0 Å². The fourth-order valence-electron chi connectivity index (χ4n) is 4.41. The molecule has 10 heteroatoms. The van der Waals surface area contributed by atoms with Gasteiger partial charge in [0, 0.05) is 11.3 Å². The number of methoxy groups -OCH3 is 1. The van der Waals surface area contributed by atoms with Gasteiger partial charge in [0.2, 0.25) is 0 Å². The first-order valence-corrected chi connectivity index (χ1v) is 12.9. The van der Waals surface area contributed by atoms with Crippen molar-refractivity contribution in [2.45, 2.75) is 19.4 Å². The highest BCUT2D eigenvalue weighted by molar-refractivity contribution is 7.91. The highest BCUT2D eigenvalue weighted by Gasteiger charge is 2.32. The van der Waals surface area contributed by atoms with Crippen LogP contribution in [0.5, 0.6) is 5.75 Å². The molecule has 0 bridgehead atoms. The molecule has 8 nitrogen and oxygen atoms in total. The number of carbonyl (C=O) groups is 1. The third kappa shape index (κ3) is 4.49. The standard InChI is InChI=1S/C25H23FN4O4S/c1-15-23-21(25(31)27-18-7-4-6-17(26)12-18)13-22(16-5-3-8-20(11-16)34-2)28-24(23)30(29-15)19-9-10-35(32,33)14-19/h3-8,11-13,19H,9-10,14H2,1-2H3,(H,27,31). The number of carbonyl (C=O) groups excluding carboxylic acids is 1. The lowest BCUT2D eigenvalue weighted by Gasteiger charge is -2.13. The molecule has 0 spiro atoms. The maximum Gasteiger partial charge on any atom is 0.256 e. The first kappa shape index (κ1) is 23.0. The summed E-state index contributed by atoms with van der Waals surface area (Å²) in [6.07, 6.45) is 0.425. The van der Waals surface area contributed by atoms with Crippen LogP contribution in [0.15, 0.2) is 54.6 Å². The Hall–Kier alpha value is -3.79. The van der Waals surface area contributed by atoms with Crippen molar-refractivity contribution in [2.75, 3.05) is 23.9 Å². The highest BCUT2D eigenvalue weighted by atomic mass is 32.2. The van der Waals surface area contributed by atoms with E-state index in [0.717, 1.165) is 5.56 Å². The van der Waals surface area contributed by atoms with Crippen LogP contribution in [0.25, 0.3) is 22.3 Å². The van der Waals surface area contributed by atoms with Gasteiger partial charge in [0.05, 0.1) is 47.0 Å². The van der Waals surface area contributed by atoms with E-state index in [4.69, 9.17) is 9.72 Å². The molecule has 4 aromatic rings. The summed E-state index contributed by atoms with van der Waals surface area (Å²) >= 11 is 0. The van der Waals surface area contributed by atoms with Gasteiger partial charge in [0.25, 0.3) is 5.91 Å². The molecule has 1 saturated heterocycles. The van der Waals surface area contributed by atoms with E-state index in [9.17, 15) is 17.6 Å². The van der Waals surface area contributed by atoms with Gasteiger partial charge in [0.1, 0.15) is 11.6 Å². The number of ether oxygens (including phenoxy) is 1. The minimum atomic E-state index is -3.17. The van der Waals surface area contributed by atoms with Gasteiger partial charge in [-0.05, 0) is 49.7 Å². The van der Waals surface area contributed by atoms with Crippen molar-refractivity contribution in [1.29, 1.82) is 0 Å². The third-order valence-electron chi connectivity index (χ3n) is 6.08. The number of hydrogen-bond acceptors (Lipinski definition) is 6. The van der Waals surface area contributed by atoms with Crippen LogP contribution in [0, 0.1) is 12.7 Å². The van der Waals surface area contributed by atoms with Crippen LogP contribution in [0.3, 0.4) is 0 Å². The normalized spacial score (nSPS) is 16.9. The average molecular weight is 495 g/mol. The van der Waals surface area contributed by atoms with E-state index in [0.29, 0.717) is 45.8 Å². The summed E-state index contributed by atoms with van der Waals surface area (Å²) in [5, 5.41) is 7.87. The maximum atomic E-state index is 13.7. The monoisotopic (exact) mass is 494 g/mol. The number of aryl methyl sites for hydroxylation is 1. The molecule has 1 fully saturated rings. The molecule has 1 N–H and O–H groups in total. The van der Waals surface area contributed by atoms with E-state index in [1.54, 1.807) is 43.0 Å². The number of nitrogens with zero attached hydrogens (tertiary/aromatic N) is 3. The average Bonchev–Trinajstić information content (AvgIpc) is 3.37. The molecule has 1 amide bonds. The SMILES string of the molecule is COc1cccc(-c2cc(C(=O)Nc3cccc(F)c3)c3c(C)nn(C4CCS(=O)(=O)C4)c3n2)c1. The number of anilines is 1. The molecule has 5 rings (SSSR count). The molecule has 1 aliphatic heterocycles. The van der Waals surface area contributed by atoms with Crippen LogP contribution >= 0.6 is 0 Å². The molecule has 0 saturated carbocycles. The molecule has 0 aliphatic carbocycles. The van der Waals surface area contributed by atoms with E-state index >= 15 is 0 Å². The van der Waals surface area contributed by atoms with Crippen LogP contribution in [0.4, 0.5) is 10.1 Å². The van der Waals surface area contributed by atoms with Gasteiger partial charge in [-0.25, -0.2) is 22.5 Å². The minimum Gasteiger partial charge on any atom is -0.497 e. The summed E-state index contributed by atoms with van der Waals surface area (Å²) in [4.78, 5) is 18.2. The van der Waals surface area contributed by atoms with Gasteiger partial charge >= 0.3 is 0 Å². The Bertz CT molecular complexity index is 1570. The number of sulfone groups is 1. The lowest BCUT2D eigenvalue weighted by Crippen LogP contribution is -2.15. The maximum absolute atomic E-state index is 13.7. The molecular weight excluding hydrogens is 471 g/mol. The Morgan fingerprint density at radius 1 is 1.17 bits per heavy atom. The second kappa shape index (κ2) is 8.77. The number of pyridine rings is 1. The van der Waals surface area contributed by atoms with Gasteiger partial charge in [-0.1, -0.05) is 18.2 Å². The van der Waals surface area contributed by atoms with E-state index < -0.39 is 21.6 Å². The predicted molar refractivity (Wildman–Crippen MR) is 131 cm³/mol. The number of fused-ring (bicyclic) bond motifs is 1. The van der Waals surface area contributed by atoms with Crippen molar-refractivity contribution in [2.24, 2.45) is 0 Å². The number of hydrogen-bond donors (Lipinski definition) is 1. The second-order valence-electron chi connectivity index (χ2n) is 8.54. The number of benzene rings is 2. The fourth-order valence-corrected chi connectivity index (χ4v) is 6.10. The summed E-state index contributed by atoms with van der Waals surface area (Å²) in [6.45, 7) is 1.76. The minimum absolute atomic E-state index is 0.0287. The largest absolute Gasteiger partial charge is 0.497 e. The predicted octanol–water partition coefficient (Wildman–Crippen LogP) is 4.17. The van der Waals surface area contributed by atoms with Crippen LogP contribution in [-0.2, 0) is 9.84 Å². The third-order valence-corrected chi connectivity index (χ3v) is 7.83. The molecule has 1 aliphatic rings. The topological polar surface area (TPSA) is 103 Å². The van der Waals surface area contributed by atoms with E-state index in [1.165, 1.54) is 18.2 Å². The molecule has 1 atom stereocenters. The lowest BCUT2D eigenvalue weighted by atomic mass is 10.0. The fraction of sp³-hybridized carbons (Fsp3) is 0.240. The van der Waals surface area contributed by atoms with Crippen LogP contribution in [0.2, 0.25) is 0 Å². The van der Waals surface area contributed by atoms with Crippen molar-refractivity contribution >= 4 is 32.5 Å². The Morgan fingerprint density at radius 2 is 1.97 bits per heavy atom. The van der Waals surface area contributed by atoms with E-state index in [-0.39, 0.29) is 17.5 Å². The van der Waals surface area contributed by atoms with Crippen molar-refractivity contribution in [3.8, 4) is 17.0 Å². The van der Waals surface area contributed by atoms with E-state index in [1.807, 2.05) is 12.1 Å². The number of amides is 1. The molecule has 0 radical (unpaired) electrons. The molecule has 35 heavy (non-hydrogen) atoms. The summed E-state index contributed by atoms with van der Waals surface area (Å²) < 4.78 is 45.0. The summed E-state index contributed by atoms with van der Waals surface area (Å²) in [5.41, 5.74) is 2.82. The van der Waals surface area contributed by atoms with Gasteiger partial charge < -0.3 is 10.1 Å². The Labute approximate surface area is 201 Å². The van der Waals surface area contributed by atoms with Crippen LogP contribution < -0.4 is 10.1 Å². The Morgan fingerprint density at radius 3 is 2.69 bits per heavy atom. The van der Waals surface area contributed by atoms with Crippen LogP contribution in [0.1, 0.15) is 28.5 Å². The quantitative estimate of drug-likeness (QED) is 0.447. The first-order valence-electron chi connectivity index (χ1n) is 11.1. The molecule has 180 valence electrons. The molecular formula is C25H23FN4O4S. The smallest absolute Gasteiger partial charge is 0.256 e. The van der Waals surface area contributed by atoms with Crippen LogP contribution in [-0.4, -0.2) is 47.7 Å². The number of nitrogens with one attached hydrogen (secondary N) is 1. The Balaban J connectivity index is 1.69. The first-order chi connectivity index (χ1) is 16.7. The van der Waals surface area contributed by atoms with Gasteiger partial charge in [-0.2, -0.15) is 5.10 Å². The van der Waals surface area contributed by atoms with Gasteiger partial charge in [0.15, 0.2) is 15.5 Å². The number of rotatable bonds is 5. The van der Waals surface area contributed by atoms with Crippen molar-refractivity contribution in [3.05, 3.63) is 71.7 Å². The lowest BCUT2D eigenvalue weighted by molar-refractivity contribution is 0.102. The van der Waals surface area contributed by atoms with Crippen molar-refractivity contribution in [1.82, 2.24) is 14.8 Å². The molecule has 3 heterocycles. The zero-order chi connectivity index (χ0) is 24.7. The van der Waals surface area contributed by atoms with Crippen molar-refractivity contribution < 1.29 is 22.3 Å². The Kier molecular flexibility index (Phi) is 5.76. The number of aromatic nitrogens is 3. The molecule has 2 aromatic carbocycles. The summed E-state index contributed by atoms with van der Waals surface area (Å²) in [7, 11) is -1.60. The molecule has 2 aromatic heterocycles. The van der Waals surface area contributed by atoms with Gasteiger partial charge in [-0.15, -0.1) is 0 Å². The molecule has 1 unspecified atom stereocenters. The highest BCUT2D eigenvalue weighted by Crippen LogP contribution is 2.33. The zero-order valence-electron chi connectivity index (χ0n) is 19.2. The van der Waals surface area contributed by atoms with Gasteiger partial charge in [-0.3, -0.25) is 4.79 Å². The van der Waals surface area contributed by atoms with E-state index in [2.05, 4.69) is 10.4 Å².